The number of aryl methyl sites for hydroxylation is 1. The van der Waals surface area contributed by atoms with Gasteiger partial charge in [-0.15, -0.1) is 0 Å². The number of amides is 3. The molecule has 1 aliphatic rings. The fourth-order valence-electron chi connectivity index (χ4n) is 6.21. The average molecular weight is 623 g/mol. The smallest absolute Gasteiger partial charge is 0.249 e. The summed E-state index contributed by atoms with van der Waals surface area (Å²) in [7, 11) is 1.63. The van der Waals surface area contributed by atoms with Gasteiger partial charge in [-0.3, -0.25) is 14.4 Å². The standard InChI is InChI=1S/C36H54N4O5/c1-7-26(5)36(39-33(42)8-2)19-20-40(35(36)44)31(18-17-27-13-10-9-11-14-27)34(43)38-30(21-25(3)4)32(41)24-37-23-28-15-12-16-29(22-28)45-6/h9-16,22,25-26,30-32,37,41H,7-8,17-21,23-24H2,1-6H3,(H,38,43)(H,39,42)/t26-,30-,31?,32+,36-/m0/s1. The van der Waals surface area contributed by atoms with Crippen LogP contribution in [0.1, 0.15) is 77.8 Å². The molecule has 0 aromatic heterocycles. The molecular formula is C36H54N4O5. The van der Waals surface area contributed by atoms with Gasteiger partial charge in [0, 0.05) is 26.1 Å². The molecule has 9 heteroatoms. The lowest BCUT2D eigenvalue weighted by molar-refractivity contribution is -0.144. The van der Waals surface area contributed by atoms with Gasteiger partial charge < -0.3 is 30.7 Å². The number of carbonyl (C=O) groups excluding carboxylic acids is 3. The van der Waals surface area contributed by atoms with Crippen LogP contribution in [0.25, 0.3) is 0 Å². The Hall–Kier alpha value is -3.43. The number of likely N-dealkylation sites (tertiary alicyclic amines) is 1. The van der Waals surface area contributed by atoms with Crippen LogP contribution >= 0.6 is 0 Å². The molecule has 1 heterocycles. The first-order valence-electron chi connectivity index (χ1n) is 16.5. The molecule has 2 aromatic rings. The van der Waals surface area contributed by atoms with Crippen molar-refractivity contribution in [3.05, 3.63) is 65.7 Å². The number of hydrogen-bond donors (Lipinski definition) is 4. The van der Waals surface area contributed by atoms with Crippen molar-refractivity contribution >= 4 is 17.7 Å². The maximum atomic E-state index is 14.2. The Bertz CT molecular complexity index is 1240. The molecule has 0 aliphatic carbocycles. The van der Waals surface area contributed by atoms with Crippen LogP contribution in [0.15, 0.2) is 54.6 Å². The van der Waals surface area contributed by atoms with Crippen LogP contribution in [0.2, 0.25) is 0 Å². The highest BCUT2D eigenvalue weighted by Crippen LogP contribution is 2.34. The number of carbonyl (C=O) groups is 3. The second-order valence-corrected chi connectivity index (χ2v) is 12.8. The first-order chi connectivity index (χ1) is 21.5. The number of aliphatic hydroxyl groups is 1. The SMILES string of the molecule is CCC(=O)N[C@]1([C@@H](C)CC)CCN(C(CCc2ccccc2)C(=O)N[C@@H](CC(C)C)[C@H](O)CNCc2cccc(OC)c2)C1=O. The lowest BCUT2D eigenvalue weighted by atomic mass is 9.81. The average Bonchev–Trinajstić information content (AvgIpc) is 3.36. The second-order valence-electron chi connectivity index (χ2n) is 12.8. The molecule has 4 N–H and O–H groups in total. The molecule has 0 spiro atoms. The zero-order valence-corrected chi connectivity index (χ0v) is 28.0. The number of nitrogens with zero attached hydrogens (tertiary/aromatic N) is 1. The summed E-state index contributed by atoms with van der Waals surface area (Å²) in [5, 5.41) is 20.8. The highest BCUT2D eigenvalue weighted by molar-refractivity contribution is 5.97. The fraction of sp³-hybridized carbons (Fsp3) is 0.583. The van der Waals surface area contributed by atoms with Crippen LogP contribution < -0.4 is 20.7 Å². The van der Waals surface area contributed by atoms with Gasteiger partial charge in [-0.2, -0.15) is 0 Å². The zero-order valence-electron chi connectivity index (χ0n) is 28.0. The summed E-state index contributed by atoms with van der Waals surface area (Å²) in [6.45, 7) is 11.1. The van der Waals surface area contributed by atoms with E-state index in [0.29, 0.717) is 38.8 Å². The van der Waals surface area contributed by atoms with Crippen molar-refractivity contribution in [2.75, 3.05) is 20.2 Å². The van der Waals surface area contributed by atoms with Gasteiger partial charge in [-0.1, -0.05) is 83.5 Å². The molecule has 0 bridgehead atoms. The summed E-state index contributed by atoms with van der Waals surface area (Å²) in [6.07, 6.45) is 2.23. The molecule has 9 nitrogen and oxygen atoms in total. The molecule has 0 saturated carbocycles. The topological polar surface area (TPSA) is 120 Å². The minimum Gasteiger partial charge on any atom is -0.497 e. The summed E-state index contributed by atoms with van der Waals surface area (Å²) in [4.78, 5) is 42.6. The number of methoxy groups -OCH3 is 1. The summed E-state index contributed by atoms with van der Waals surface area (Å²) < 4.78 is 5.31. The first-order valence-corrected chi connectivity index (χ1v) is 16.5. The quantitative estimate of drug-likeness (QED) is 0.198. The molecule has 1 fully saturated rings. The van der Waals surface area contributed by atoms with E-state index >= 15 is 0 Å². The third-order valence-electron chi connectivity index (χ3n) is 9.09. The maximum Gasteiger partial charge on any atom is 0.249 e. The predicted octanol–water partition coefficient (Wildman–Crippen LogP) is 4.22. The van der Waals surface area contributed by atoms with Gasteiger partial charge in [0.2, 0.25) is 17.7 Å². The number of aliphatic hydroxyl groups excluding tert-OH is 1. The number of hydrogen-bond acceptors (Lipinski definition) is 6. The largest absolute Gasteiger partial charge is 0.497 e. The summed E-state index contributed by atoms with van der Waals surface area (Å²) in [5.74, 6) is 0.254. The van der Waals surface area contributed by atoms with Crippen molar-refractivity contribution in [1.29, 1.82) is 0 Å². The van der Waals surface area contributed by atoms with E-state index in [2.05, 4.69) is 29.8 Å². The Balaban J connectivity index is 1.80. The van der Waals surface area contributed by atoms with E-state index in [1.807, 2.05) is 68.4 Å². The van der Waals surface area contributed by atoms with Gasteiger partial charge in [-0.25, -0.2) is 0 Å². The van der Waals surface area contributed by atoms with Crippen molar-refractivity contribution in [1.82, 2.24) is 20.9 Å². The molecule has 1 unspecified atom stereocenters. The minimum atomic E-state index is -1.03. The molecule has 248 valence electrons. The minimum absolute atomic E-state index is 0.0884. The van der Waals surface area contributed by atoms with E-state index in [0.717, 1.165) is 23.3 Å². The van der Waals surface area contributed by atoms with Gasteiger partial charge in [0.15, 0.2) is 0 Å². The second kappa shape index (κ2) is 17.3. The van der Waals surface area contributed by atoms with Crippen LogP contribution in [-0.4, -0.2) is 71.7 Å². The third-order valence-corrected chi connectivity index (χ3v) is 9.09. The molecule has 3 amide bonds. The summed E-state index contributed by atoms with van der Waals surface area (Å²) in [5.41, 5.74) is 1.07. The Labute approximate surface area is 269 Å². The van der Waals surface area contributed by atoms with Crippen LogP contribution in [0.3, 0.4) is 0 Å². The molecule has 1 aliphatic heterocycles. The lowest BCUT2D eigenvalue weighted by Gasteiger charge is -2.36. The van der Waals surface area contributed by atoms with Crippen molar-refractivity contribution in [2.45, 2.75) is 103 Å². The molecule has 5 atom stereocenters. The normalized spacial score (nSPS) is 19.2. The van der Waals surface area contributed by atoms with E-state index in [-0.39, 0.29) is 42.5 Å². The Morgan fingerprint density at radius 3 is 2.40 bits per heavy atom. The Kier molecular flexibility index (Phi) is 13.9. The number of nitrogens with one attached hydrogen (secondary N) is 3. The van der Waals surface area contributed by atoms with Gasteiger partial charge in [0.1, 0.15) is 17.3 Å². The number of rotatable bonds is 18. The van der Waals surface area contributed by atoms with Gasteiger partial charge in [0.05, 0.1) is 19.3 Å². The van der Waals surface area contributed by atoms with Gasteiger partial charge in [0.25, 0.3) is 0 Å². The van der Waals surface area contributed by atoms with Crippen LogP contribution in [0.5, 0.6) is 5.75 Å². The van der Waals surface area contributed by atoms with Crippen LogP contribution in [0, 0.1) is 11.8 Å². The first kappa shape index (κ1) is 36.0. The molecule has 1 saturated heterocycles. The van der Waals surface area contributed by atoms with Crippen molar-refractivity contribution in [2.24, 2.45) is 11.8 Å². The van der Waals surface area contributed by atoms with Crippen molar-refractivity contribution < 1.29 is 24.2 Å². The van der Waals surface area contributed by atoms with Crippen LogP contribution in [-0.2, 0) is 27.3 Å². The van der Waals surface area contributed by atoms with E-state index in [1.54, 1.807) is 18.9 Å². The molecule has 2 aromatic carbocycles. The molecule has 0 radical (unpaired) electrons. The summed E-state index contributed by atoms with van der Waals surface area (Å²) >= 11 is 0. The maximum absolute atomic E-state index is 14.2. The fourth-order valence-corrected chi connectivity index (χ4v) is 6.21. The van der Waals surface area contributed by atoms with Gasteiger partial charge in [-0.05, 0) is 60.8 Å². The summed E-state index contributed by atoms with van der Waals surface area (Å²) in [6, 6.07) is 16.4. The van der Waals surface area contributed by atoms with E-state index in [1.165, 1.54) is 0 Å². The molecule has 3 rings (SSSR count). The number of ether oxygens (including phenoxy) is 1. The van der Waals surface area contributed by atoms with E-state index in [4.69, 9.17) is 4.74 Å². The highest BCUT2D eigenvalue weighted by Gasteiger charge is 2.53. The molecule has 45 heavy (non-hydrogen) atoms. The van der Waals surface area contributed by atoms with E-state index in [9.17, 15) is 19.5 Å². The Morgan fingerprint density at radius 1 is 1.04 bits per heavy atom. The molecular weight excluding hydrogens is 568 g/mol. The Morgan fingerprint density at radius 2 is 1.76 bits per heavy atom. The highest BCUT2D eigenvalue weighted by atomic mass is 16.5. The predicted molar refractivity (Wildman–Crippen MR) is 178 cm³/mol. The van der Waals surface area contributed by atoms with Crippen molar-refractivity contribution in [3.8, 4) is 5.75 Å². The van der Waals surface area contributed by atoms with Crippen LogP contribution in [0.4, 0.5) is 0 Å². The monoisotopic (exact) mass is 622 g/mol. The van der Waals surface area contributed by atoms with E-state index < -0.39 is 23.7 Å². The van der Waals surface area contributed by atoms with Crippen molar-refractivity contribution in [3.63, 3.8) is 0 Å². The zero-order chi connectivity index (χ0) is 33.0. The van der Waals surface area contributed by atoms with Gasteiger partial charge >= 0.3 is 0 Å². The lowest BCUT2D eigenvalue weighted by Crippen LogP contribution is -2.61. The number of benzene rings is 2. The third kappa shape index (κ3) is 9.78.